The SMILES string of the molecule is Cc1cccc(C(CN)SCC(=O)OC(C)(C)C)c1. The minimum absolute atomic E-state index is 0.132. The molecule has 1 aromatic carbocycles. The van der Waals surface area contributed by atoms with Crippen LogP contribution in [-0.4, -0.2) is 23.9 Å². The van der Waals surface area contributed by atoms with Crippen molar-refractivity contribution in [1.82, 2.24) is 0 Å². The van der Waals surface area contributed by atoms with Gasteiger partial charge in [-0.05, 0) is 33.3 Å². The smallest absolute Gasteiger partial charge is 0.316 e. The van der Waals surface area contributed by atoms with Gasteiger partial charge in [0.1, 0.15) is 5.60 Å². The number of carbonyl (C=O) groups is 1. The Morgan fingerprint density at radius 3 is 2.63 bits per heavy atom. The van der Waals surface area contributed by atoms with Crippen LogP contribution in [0.25, 0.3) is 0 Å². The largest absolute Gasteiger partial charge is 0.459 e. The number of hydrogen-bond donors (Lipinski definition) is 1. The lowest BCUT2D eigenvalue weighted by Gasteiger charge is -2.20. The first-order chi connectivity index (χ1) is 8.81. The van der Waals surface area contributed by atoms with E-state index in [-0.39, 0.29) is 11.2 Å². The van der Waals surface area contributed by atoms with Crippen molar-refractivity contribution in [3.8, 4) is 0 Å². The molecule has 19 heavy (non-hydrogen) atoms. The second kappa shape index (κ2) is 6.96. The van der Waals surface area contributed by atoms with E-state index in [4.69, 9.17) is 10.5 Å². The van der Waals surface area contributed by atoms with E-state index in [1.165, 1.54) is 17.3 Å². The summed E-state index contributed by atoms with van der Waals surface area (Å²) in [5.74, 6) is 0.135. The molecular weight excluding hydrogens is 258 g/mol. The summed E-state index contributed by atoms with van der Waals surface area (Å²) in [5.41, 5.74) is 7.73. The first-order valence-corrected chi connectivity index (χ1v) is 7.47. The zero-order valence-corrected chi connectivity index (χ0v) is 12.9. The highest BCUT2D eigenvalue weighted by atomic mass is 32.2. The zero-order valence-electron chi connectivity index (χ0n) is 12.1. The van der Waals surface area contributed by atoms with E-state index in [0.717, 1.165) is 5.56 Å². The van der Waals surface area contributed by atoms with Crippen LogP contribution in [0, 0.1) is 6.92 Å². The second-order valence-corrected chi connectivity index (χ2v) is 6.73. The van der Waals surface area contributed by atoms with E-state index >= 15 is 0 Å². The van der Waals surface area contributed by atoms with Gasteiger partial charge in [-0.1, -0.05) is 29.8 Å². The molecule has 0 heterocycles. The highest BCUT2D eigenvalue weighted by Gasteiger charge is 2.18. The monoisotopic (exact) mass is 281 g/mol. The van der Waals surface area contributed by atoms with E-state index in [1.807, 2.05) is 32.9 Å². The Morgan fingerprint density at radius 1 is 1.42 bits per heavy atom. The van der Waals surface area contributed by atoms with Crippen molar-refractivity contribution in [2.45, 2.75) is 38.5 Å². The summed E-state index contributed by atoms with van der Waals surface area (Å²) in [6, 6.07) is 8.23. The number of thioether (sulfide) groups is 1. The van der Waals surface area contributed by atoms with Crippen LogP contribution in [-0.2, 0) is 9.53 Å². The van der Waals surface area contributed by atoms with Crippen LogP contribution in [0.3, 0.4) is 0 Å². The maximum atomic E-state index is 11.7. The average molecular weight is 281 g/mol. The van der Waals surface area contributed by atoms with Crippen LogP contribution in [0.15, 0.2) is 24.3 Å². The molecule has 0 spiro atoms. The Kier molecular flexibility index (Phi) is 5.88. The van der Waals surface area contributed by atoms with Crippen molar-refractivity contribution in [1.29, 1.82) is 0 Å². The van der Waals surface area contributed by atoms with Gasteiger partial charge < -0.3 is 10.5 Å². The molecule has 1 unspecified atom stereocenters. The fraction of sp³-hybridized carbons (Fsp3) is 0.533. The summed E-state index contributed by atoms with van der Waals surface area (Å²) in [7, 11) is 0. The van der Waals surface area contributed by atoms with Gasteiger partial charge in [-0.15, -0.1) is 11.8 Å². The minimum atomic E-state index is -0.431. The Bertz CT molecular complexity index is 426. The summed E-state index contributed by atoms with van der Waals surface area (Å²) in [6.45, 7) is 8.18. The number of esters is 1. The van der Waals surface area contributed by atoms with Gasteiger partial charge in [0.15, 0.2) is 0 Å². The van der Waals surface area contributed by atoms with Crippen LogP contribution in [0.4, 0.5) is 0 Å². The van der Waals surface area contributed by atoms with Crippen molar-refractivity contribution >= 4 is 17.7 Å². The third-order valence-electron chi connectivity index (χ3n) is 2.45. The molecule has 0 aromatic heterocycles. The summed E-state index contributed by atoms with van der Waals surface area (Å²) < 4.78 is 5.29. The summed E-state index contributed by atoms with van der Waals surface area (Å²) in [4.78, 5) is 11.7. The van der Waals surface area contributed by atoms with Crippen LogP contribution < -0.4 is 5.73 Å². The highest BCUT2D eigenvalue weighted by Crippen LogP contribution is 2.28. The molecule has 1 atom stereocenters. The number of aryl methyl sites for hydroxylation is 1. The van der Waals surface area contributed by atoms with Crippen LogP contribution in [0.1, 0.15) is 37.1 Å². The van der Waals surface area contributed by atoms with E-state index < -0.39 is 5.60 Å². The first kappa shape index (κ1) is 16.1. The van der Waals surface area contributed by atoms with E-state index in [9.17, 15) is 4.79 Å². The van der Waals surface area contributed by atoms with Gasteiger partial charge in [-0.2, -0.15) is 0 Å². The molecule has 0 aliphatic heterocycles. The number of benzene rings is 1. The van der Waals surface area contributed by atoms with Crippen molar-refractivity contribution in [2.75, 3.05) is 12.3 Å². The molecular formula is C15H23NO2S. The molecule has 0 bridgehead atoms. The molecule has 1 rings (SSSR count). The molecule has 0 aliphatic rings. The number of carbonyl (C=O) groups excluding carboxylic acids is 1. The lowest BCUT2D eigenvalue weighted by Crippen LogP contribution is -2.25. The summed E-state index contributed by atoms with van der Waals surface area (Å²) in [5, 5.41) is 0.132. The standard InChI is InChI=1S/C15H23NO2S/c1-11-6-5-7-12(8-11)13(9-16)19-10-14(17)18-15(2,3)4/h5-8,13H,9-10,16H2,1-4H3. The molecule has 0 fully saturated rings. The molecule has 2 N–H and O–H groups in total. The molecule has 3 nitrogen and oxygen atoms in total. The fourth-order valence-corrected chi connectivity index (χ4v) is 2.58. The van der Waals surface area contributed by atoms with Crippen molar-refractivity contribution in [3.05, 3.63) is 35.4 Å². The van der Waals surface area contributed by atoms with Crippen molar-refractivity contribution < 1.29 is 9.53 Å². The normalized spacial score (nSPS) is 13.1. The number of hydrogen-bond acceptors (Lipinski definition) is 4. The molecule has 0 aliphatic carbocycles. The second-order valence-electron chi connectivity index (χ2n) is 5.54. The lowest BCUT2D eigenvalue weighted by atomic mass is 10.1. The summed E-state index contributed by atoms with van der Waals surface area (Å²) in [6.07, 6.45) is 0. The topological polar surface area (TPSA) is 52.3 Å². The van der Waals surface area contributed by atoms with Crippen molar-refractivity contribution in [3.63, 3.8) is 0 Å². The van der Waals surface area contributed by atoms with Gasteiger partial charge in [0, 0.05) is 11.8 Å². The Hall–Kier alpha value is -1.00. The van der Waals surface area contributed by atoms with E-state index in [2.05, 4.69) is 19.1 Å². The molecule has 1 aromatic rings. The molecule has 4 heteroatoms. The molecule has 0 saturated heterocycles. The van der Waals surface area contributed by atoms with Crippen LogP contribution in [0.5, 0.6) is 0 Å². The maximum Gasteiger partial charge on any atom is 0.316 e. The zero-order chi connectivity index (χ0) is 14.5. The molecule has 0 amide bonds. The van der Waals surface area contributed by atoms with Gasteiger partial charge >= 0.3 is 5.97 Å². The highest BCUT2D eigenvalue weighted by molar-refractivity contribution is 8.00. The molecule has 106 valence electrons. The van der Waals surface area contributed by atoms with Crippen molar-refractivity contribution in [2.24, 2.45) is 5.73 Å². The third-order valence-corrected chi connectivity index (χ3v) is 3.72. The van der Waals surface area contributed by atoms with E-state index in [1.54, 1.807) is 0 Å². The van der Waals surface area contributed by atoms with Crippen LogP contribution >= 0.6 is 11.8 Å². The Balaban J connectivity index is 2.56. The Morgan fingerprint density at radius 2 is 2.11 bits per heavy atom. The first-order valence-electron chi connectivity index (χ1n) is 6.42. The summed E-state index contributed by atoms with van der Waals surface area (Å²) >= 11 is 1.53. The van der Waals surface area contributed by atoms with Gasteiger partial charge in [0.25, 0.3) is 0 Å². The predicted octanol–water partition coefficient (Wildman–Crippen LogP) is 3.07. The van der Waals surface area contributed by atoms with E-state index in [0.29, 0.717) is 12.3 Å². The maximum absolute atomic E-state index is 11.7. The third kappa shape index (κ3) is 6.12. The number of rotatable bonds is 5. The van der Waals surface area contributed by atoms with Crippen LogP contribution in [0.2, 0.25) is 0 Å². The number of ether oxygens (including phenoxy) is 1. The van der Waals surface area contributed by atoms with Gasteiger partial charge in [-0.25, -0.2) is 0 Å². The lowest BCUT2D eigenvalue weighted by molar-refractivity contribution is -0.151. The molecule has 0 radical (unpaired) electrons. The fourth-order valence-electron chi connectivity index (χ4n) is 1.71. The quantitative estimate of drug-likeness (QED) is 0.843. The predicted molar refractivity (Wildman–Crippen MR) is 81.3 cm³/mol. The average Bonchev–Trinajstić information content (AvgIpc) is 2.27. The van der Waals surface area contributed by atoms with Gasteiger partial charge in [-0.3, -0.25) is 4.79 Å². The van der Waals surface area contributed by atoms with Gasteiger partial charge in [0.05, 0.1) is 5.75 Å². The minimum Gasteiger partial charge on any atom is -0.459 e. The molecule has 0 saturated carbocycles. The Labute approximate surface area is 119 Å². The van der Waals surface area contributed by atoms with Gasteiger partial charge in [0.2, 0.25) is 0 Å². The number of nitrogens with two attached hydrogens (primary N) is 1.